The van der Waals surface area contributed by atoms with Gasteiger partial charge >= 0.3 is 0 Å². The lowest BCUT2D eigenvalue weighted by molar-refractivity contribution is 0.00752. The first-order chi connectivity index (χ1) is 9.19. The third-order valence-electron chi connectivity index (χ3n) is 5.94. The normalized spacial score (nSPS) is 39.6. The number of rotatable bonds is 2. The van der Waals surface area contributed by atoms with E-state index in [4.69, 9.17) is 0 Å². The quantitative estimate of drug-likeness (QED) is 0.818. The Morgan fingerprint density at radius 1 is 0.895 bits per heavy atom. The zero-order chi connectivity index (χ0) is 13.0. The Hall–Kier alpha value is -0.980. The molecule has 0 radical (unpaired) electrons. The lowest BCUT2D eigenvalue weighted by Crippen LogP contribution is -2.51. The minimum Gasteiger partial charge on any atom is -0.382 e. The summed E-state index contributed by atoms with van der Waals surface area (Å²) in [6, 6.07) is 7.57. The Morgan fingerprint density at radius 3 is 2.16 bits per heavy atom. The van der Waals surface area contributed by atoms with Crippen LogP contribution < -0.4 is 5.32 Å². The highest BCUT2D eigenvalue weighted by atomic mass is 15.0. The van der Waals surface area contributed by atoms with Crippen LogP contribution in [0.1, 0.15) is 43.2 Å². The van der Waals surface area contributed by atoms with Crippen LogP contribution in [0.5, 0.6) is 0 Å². The molecule has 4 fully saturated rings. The molecular formula is C18H25N. The molecule has 0 heterocycles. The Bertz CT molecular complexity index is 462. The summed E-state index contributed by atoms with van der Waals surface area (Å²) < 4.78 is 0. The Kier molecular flexibility index (Phi) is 2.65. The molecule has 5 rings (SSSR count). The predicted octanol–water partition coefficient (Wildman–Crippen LogP) is 4.54. The monoisotopic (exact) mass is 255 g/mol. The Labute approximate surface area is 116 Å². The molecule has 4 aliphatic rings. The van der Waals surface area contributed by atoms with E-state index in [-0.39, 0.29) is 0 Å². The number of aryl methyl sites for hydroxylation is 2. The molecule has 0 spiro atoms. The second-order valence-corrected chi connectivity index (χ2v) is 7.42. The van der Waals surface area contributed by atoms with E-state index in [1.165, 1.54) is 42.5 Å². The van der Waals surface area contributed by atoms with Crippen molar-refractivity contribution in [3.05, 3.63) is 29.3 Å². The van der Waals surface area contributed by atoms with E-state index in [1.54, 1.807) is 6.42 Å². The molecule has 1 aromatic rings. The highest BCUT2D eigenvalue weighted by Crippen LogP contribution is 2.54. The molecule has 1 heteroatoms. The number of nitrogens with one attached hydrogen (secondary N) is 1. The standard InChI is InChI=1S/C18H25N/c1-11-3-4-12(2)17(5-11)19-18-15-7-13-6-14(9-15)10-16(18)8-13/h3-5,13-16,18-19H,6-10H2,1-2H3. The van der Waals surface area contributed by atoms with Gasteiger partial charge in [-0.25, -0.2) is 0 Å². The number of hydrogen-bond donors (Lipinski definition) is 1. The van der Waals surface area contributed by atoms with E-state index in [9.17, 15) is 0 Å². The fraction of sp³-hybridized carbons (Fsp3) is 0.667. The first kappa shape index (κ1) is 11.8. The fourth-order valence-electron chi connectivity index (χ4n) is 5.23. The molecule has 4 aliphatic carbocycles. The number of hydrogen-bond acceptors (Lipinski definition) is 1. The van der Waals surface area contributed by atoms with Crippen molar-refractivity contribution in [1.29, 1.82) is 0 Å². The number of anilines is 1. The average Bonchev–Trinajstić information content (AvgIpc) is 2.37. The van der Waals surface area contributed by atoms with Crippen molar-refractivity contribution in [1.82, 2.24) is 0 Å². The maximum Gasteiger partial charge on any atom is 0.0374 e. The summed E-state index contributed by atoms with van der Waals surface area (Å²) in [4.78, 5) is 0. The molecular weight excluding hydrogens is 230 g/mol. The van der Waals surface area contributed by atoms with Gasteiger partial charge in [0.25, 0.3) is 0 Å². The highest BCUT2D eigenvalue weighted by Gasteiger charge is 2.48. The van der Waals surface area contributed by atoms with E-state index >= 15 is 0 Å². The third-order valence-corrected chi connectivity index (χ3v) is 5.94. The van der Waals surface area contributed by atoms with Crippen molar-refractivity contribution >= 4 is 5.69 Å². The van der Waals surface area contributed by atoms with Gasteiger partial charge in [0.05, 0.1) is 0 Å². The SMILES string of the molecule is Cc1ccc(C)c(NC2C3CC4CC(C3)CC2C4)c1. The summed E-state index contributed by atoms with van der Waals surface area (Å²) in [6.45, 7) is 4.43. The zero-order valence-corrected chi connectivity index (χ0v) is 12.2. The van der Waals surface area contributed by atoms with E-state index in [0.29, 0.717) is 0 Å². The maximum atomic E-state index is 3.93. The molecule has 0 aliphatic heterocycles. The first-order valence-corrected chi connectivity index (χ1v) is 8.03. The summed E-state index contributed by atoms with van der Waals surface area (Å²) in [5.74, 6) is 4.05. The molecule has 1 aromatic carbocycles. The first-order valence-electron chi connectivity index (χ1n) is 8.03. The third kappa shape index (κ3) is 1.98. The van der Waals surface area contributed by atoms with Gasteiger partial charge in [0.15, 0.2) is 0 Å². The molecule has 1 N–H and O–H groups in total. The van der Waals surface area contributed by atoms with E-state index < -0.39 is 0 Å². The summed E-state index contributed by atoms with van der Waals surface area (Å²) in [5, 5.41) is 3.93. The smallest absolute Gasteiger partial charge is 0.0374 e. The van der Waals surface area contributed by atoms with Gasteiger partial charge in [0.2, 0.25) is 0 Å². The number of benzene rings is 1. The Balaban J connectivity index is 1.58. The minimum atomic E-state index is 0.758. The van der Waals surface area contributed by atoms with Gasteiger partial charge in [-0.1, -0.05) is 12.1 Å². The molecule has 19 heavy (non-hydrogen) atoms. The van der Waals surface area contributed by atoms with Crippen LogP contribution in [0.15, 0.2) is 18.2 Å². The minimum absolute atomic E-state index is 0.758. The summed E-state index contributed by atoms with van der Waals surface area (Å²) in [7, 11) is 0. The van der Waals surface area contributed by atoms with E-state index in [1.807, 2.05) is 0 Å². The van der Waals surface area contributed by atoms with E-state index in [0.717, 1.165) is 29.7 Å². The van der Waals surface area contributed by atoms with Crippen molar-refractivity contribution < 1.29 is 0 Å². The topological polar surface area (TPSA) is 12.0 Å². The second-order valence-electron chi connectivity index (χ2n) is 7.42. The van der Waals surface area contributed by atoms with Crippen LogP contribution in [0.2, 0.25) is 0 Å². The van der Waals surface area contributed by atoms with Crippen LogP contribution in [0.25, 0.3) is 0 Å². The summed E-state index contributed by atoms with van der Waals surface area (Å²) in [6.07, 6.45) is 7.53. The van der Waals surface area contributed by atoms with Crippen molar-refractivity contribution in [3.8, 4) is 0 Å². The van der Waals surface area contributed by atoms with Gasteiger partial charge in [-0.2, -0.15) is 0 Å². The van der Waals surface area contributed by atoms with Crippen LogP contribution in [0.4, 0.5) is 5.69 Å². The van der Waals surface area contributed by atoms with Gasteiger partial charge in [-0.15, -0.1) is 0 Å². The van der Waals surface area contributed by atoms with Crippen LogP contribution in [0, 0.1) is 37.5 Å². The largest absolute Gasteiger partial charge is 0.382 e. The maximum absolute atomic E-state index is 3.93. The molecule has 0 unspecified atom stereocenters. The van der Waals surface area contributed by atoms with Crippen LogP contribution >= 0.6 is 0 Å². The van der Waals surface area contributed by atoms with Crippen molar-refractivity contribution in [3.63, 3.8) is 0 Å². The second kappa shape index (κ2) is 4.26. The molecule has 4 bridgehead atoms. The molecule has 0 atom stereocenters. The average molecular weight is 255 g/mol. The highest BCUT2D eigenvalue weighted by molar-refractivity contribution is 5.53. The molecule has 0 amide bonds. The molecule has 0 aromatic heterocycles. The summed E-state index contributed by atoms with van der Waals surface area (Å²) >= 11 is 0. The molecule has 0 saturated heterocycles. The summed E-state index contributed by atoms with van der Waals surface area (Å²) in [5.41, 5.74) is 4.16. The van der Waals surface area contributed by atoms with Crippen molar-refractivity contribution in [2.75, 3.05) is 5.32 Å². The fourth-order valence-corrected chi connectivity index (χ4v) is 5.23. The van der Waals surface area contributed by atoms with Crippen LogP contribution in [-0.2, 0) is 0 Å². The van der Waals surface area contributed by atoms with Gasteiger partial charge in [-0.05, 0) is 86.8 Å². The lowest BCUT2D eigenvalue weighted by atomic mass is 9.54. The van der Waals surface area contributed by atoms with Gasteiger partial charge in [0.1, 0.15) is 0 Å². The Morgan fingerprint density at radius 2 is 1.53 bits per heavy atom. The van der Waals surface area contributed by atoms with Crippen LogP contribution in [0.3, 0.4) is 0 Å². The molecule has 4 saturated carbocycles. The molecule has 1 nitrogen and oxygen atoms in total. The van der Waals surface area contributed by atoms with Crippen molar-refractivity contribution in [2.45, 2.75) is 52.0 Å². The zero-order valence-electron chi connectivity index (χ0n) is 12.2. The van der Waals surface area contributed by atoms with E-state index in [2.05, 4.69) is 37.4 Å². The van der Waals surface area contributed by atoms with Gasteiger partial charge in [-0.3, -0.25) is 0 Å². The lowest BCUT2D eigenvalue weighted by Gasteiger charge is -2.54. The van der Waals surface area contributed by atoms with Crippen LogP contribution in [-0.4, -0.2) is 6.04 Å². The van der Waals surface area contributed by atoms with Gasteiger partial charge in [0, 0.05) is 11.7 Å². The molecule has 102 valence electrons. The van der Waals surface area contributed by atoms with Gasteiger partial charge < -0.3 is 5.32 Å². The van der Waals surface area contributed by atoms with Crippen molar-refractivity contribution in [2.24, 2.45) is 23.7 Å². The predicted molar refractivity (Wildman–Crippen MR) is 80.4 cm³/mol.